The van der Waals surface area contributed by atoms with Crippen molar-refractivity contribution in [3.63, 3.8) is 0 Å². The molecular weight excluding hydrogens is 258 g/mol. The standard InChI is InChI=1S/C14H23N3OS/c1-9-8-13(11(3)19-9)10(2)16-12-4-6-17(7-5-12)14(15)18/h8,10,12,16H,4-7H2,1-3H3,(H2,15,18). The summed E-state index contributed by atoms with van der Waals surface area (Å²) in [6.45, 7) is 8.08. The van der Waals surface area contributed by atoms with Crippen LogP contribution in [0.1, 0.15) is 41.1 Å². The minimum atomic E-state index is -0.296. The second-order valence-corrected chi connectivity index (χ2v) is 6.82. The Balaban J connectivity index is 1.89. The number of rotatable bonds is 3. The largest absolute Gasteiger partial charge is 0.351 e. The van der Waals surface area contributed by atoms with Gasteiger partial charge in [0.1, 0.15) is 0 Å². The molecule has 106 valence electrons. The Labute approximate surface area is 119 Å². The molecule has 1 unspecified atom stereocenters. The molecule has 2 heterocycles. The van der Waals surface area contributed by atoms with Crippen LogP contribution in [-0.4, -0.2) is 30.1 Å². The summed E-state index contributed by atoms with van der Waals surface area (Å²) in [7, 11) is 0. The summed E-state index contributed by atoms with van der Waals surface area (Å²) in [6.07, 6.45) is 1.96. The van der Waals surface area contributed by atoms with E-state index < -0.39 is 0 Å². The molecule has 1 fully saturated rings. The Morgan fingerprint density at radius 1 is 1.47 bits per heavy atom. The van der Waals surface area contributed by atoms with Crippen molar-refractivity contribution in [1.29, 1.82) is 0 Å². The number of piperidine rings is 1. The van der Waals surface area contributed by atoms with Crippen molar-refractivity contribution < 1.29 is 4.79 Å². The minimum absolute atomic E-state index is 0.296. The summed E-state index contributed by atoms with van der Waals surface area (Å²) in [5, 5.41) is 3.68. The third-order valence-corrected chi connectivity index (χ3v) is 4.82. The number of hydrogen-bond donors (Lipinski definition) is 2. The van der Waals surface area contributed by atoms with Gasteiger partial charge in [0, 0.05) is 34.9 Å². The highest BCUT2D eigenvalue weighted by molar-refractivity contribution is 7.12. The summed E-state index contributed by atoms with van der Waals surface area (Å²) >= 11 is 1.85. The second kappa shape index (κ2) is 5.92. The van der Waals surface area contributed by atoms with E-state index in [2.05, 4.69) is 32.2 Å². The zero-order chi connectivity index (χ0) is 14.0. The number of amides is 2. The molecule has 1 atom stereocenters. The number of primary amides is 1. The first-order chi connectivity index (χ1) is 8.97. The molecule has 0 radical (unpaired) electrons. The van der Waals surface area contributed by atoms with Crippen molar-refractivity contribution >= 4 is 17.4 Å². The SMILES string of the molecule is Cc1cc(C(C)NC2CCN(C(N)=O)CC2)c(C)s1. The first-order valence-electron chi connectivity index (χ1n) is 6.84. The van der Waals surface area contributed by atoms with Crippen LogP contribution in [0.3, 0.4) is 0 Å². The van der Waals surface area contributed by atoms with Gasteiger partial charge in [-0.05, 0) is 45.2 Å². The normalized spacial score (nSPS) is 18.6. The lowest BCUT2D eigenvalue weighted by molar-refractivity contribution is 0.183. The van der Waals surface area contributed by atoms with Crippen LogP contribution in [0, 0.1) is 13.8 Å². The van der Waals surface area contributed by atoms with Crippen molar-refractivity contribution in [3.8, 4) is 0 Å². The molecule has 1 aliphatic rings. The van der Waals surface area contributed by atoms with Gasteiger partial charge in [0.2, 0.25) is 0 Å². The van der Waals surface area contributed by atoms with Gasteiger partial charge in [0.05, 0.1) is 0 Å². The van der Waals surface area contributed by atoms with E-state index in [4.69, 9.17) is 5.73 Å². The van der Waals surface area contributed by atoms with Gasteiger partial charge in [-0.15, -0.1) is 11.3 Å². The van der Waals surface area contributed by atoms with E-state index in [1.54, 1.807) is 4.90 Å². The Kier molecular flexibility index (Phi) is 4.47. The number of nitrogens with one attached hydrogen (secondary N) is 1. The maximum atomic E-state index is 11.1. The van der Waals surface area contributed by atoms with Crippen LogP contribution in [0.5, 0.6) is 0 Å². The van der Waals surface area contributed by atoms with Gasteiger partial charge in [0.25, 0.3) is 0 Å². The fourth-order valence-electron chi connectivity index (χ4n) is 2.79. The zero-order valence-electron chi connectivity index (χ0n) is 11.9. The second-order valence-electron chi connectivity index (χ2n) is 5.36. The summed E-state index contributed by atoms with van der Waals surface area (Å²) in [5.41, 5.74) is 6.70. The van der Waals surface area contributed by atoms with Crippen molar-refractivity contribution in [2.24, 2.45) is 5.73 Å². The van der Waals surface area contributed by atoms with E-state index in [-0.39, 0.29) is 6.03 Å². The maximum absolute atomic E-state index is 11.1. The number of hydrogen-bond acceptors (Lipinski definition) is 3. The van der Waals surface area contributed by atoms with Crippen molar-refractivity contribution in [2.45, 2.75) is 45.7 Å². The molecule has 0 saturated carbocycles. The average Bonchev–Trinajstić information content (AvgIpc) is 2.69. The number of carbonyl (C=O) groups excluding carboxylic acids is 1. The molecule has 1 aromatic heterocycles. The molecule has 5 heteroatoms. The molecule has 19 heavy (non-hydrogen) atoms. The van der Waals surface area contributed by atoms with E-state index >= 15 is 0 Å². The molecule has 2 amide bonds. The molecule has 0 bridgehead atoms. The number of thiophene rings is 1. The number of urea groups is 1. The monoisotopic (exact) mass is 281 g/mol. The number of carbonyl (C=O) groups is 1. The van der Waals surface area contributed by atoms with E-state index in [0.29, 0.717) is 12.1 Å². The van der Waals surface area contributed by atoms with Crippen LogP contribution >= 0.6 is 11.3 Å². The lowest BCUT2D eigenvalue weighted by atomic mass is 10.0. The third kappa shape index (κ3) is 3.48. The topological polar surface area (TPSA) is 58.4 Å². The number of nitrogens with two attached hydrogens (primary N) is 1. The van der Waals surface area contributed by atoms with Crippen LogP contribution in [0.2, 0.25) is 0 Å². The molecule has 0 spiro atoms. The van der Waals surface area contributed by atoms with Crippen molar-refractivity contribution in [1.82, 2.24) is 10.2 Å². The molecule has 4 nitrogen and oxygen atoms in total. The number of aryl methyl sites for hydroxylation is 2. The molecule has 0 aliphatic carbocycles. The Morgan fingerprint density at radius 2 is 2.11 bits per heavy atom. The Bertz CT molecular complexity index is 450. The van der Waals surface area contributed by atoms with Gasteiger partial charge < -0.3 is 16.0 Å². The number of likely N-dealkylation sites (tertiary alicyclic amines) is 1. The highest BCUT2D eigenvalue weighted by Gasteiger charge is 2.23. The summed E-state index contributed by atoms with van der Waals surface area (Å²) in [6, 6.07) is 2.83. The maximum Gasteiger partial charge on any atom is 0.314 e. The first kappa shape index (κ1) is 14.3. The quantitative estimate of drug-likeness (QED) is 0.894. The zero-order valence-corrected chi connectivity index (χ0v) is 12.7. The summed E-state index contributed by atoms with van der Waals surface area (Å²) < 4.78 is 0. The predicted molar refractivity (Wildman–Crippen MR) is 79.5 cm³/mol. The van der Waals surface area contributed by atoms with Crippen LogP contribution in [-0.2, 0) is 0 Å². The summed E-state index contributed by atoms with van der Waals surface area (Å²) in [4.78, 5) is 15.6. The molecular formula is C14H23N3OS. The molecule has 1 saturated heterocycles. The van der Waals surface area contributed by atoms with Crippen LogP contribution in [0.25, 0.3) is 0 Å². The molecule has 2 rings (SSSR count). The van der Waals surface area contributed by atoms with E-state index in [0.717, 1.165) is 25.9 Å². The Hall–Kier alpha value is -1.07. The van der Waals surface area contributed by atoms with Crippen LogP contribution in [0.15, 0.2) is 6.07 Å². The van der Waals surface area contributed by atoms with E-state index in [1.807, 2.05) is 11.3 Å². The fraction of sp³-hybridized carbons (Fsp3) is 0.643. The Morgan fingerprint density at radius 3 is 2.58 bits per heavy atom. The third-order valence-electron chi connectivity index (χ3n) is 3.84. The molecule has 1 aromatic rings. The lowest BCUT2D eigenvalue weighted by Crippen LogP contribution is -2.47. The highest BCUT2D eigenvalue weighted by Crippen LogP contribution is 2.27. The average molecular weight is 281 g/mol. The highest BCUT2D eigenvalue weighted by atomic mass is 32.1. The molecule has 3 N–H and O–H groups in total. The van der Waals surface area contributed by atoms with Crippen molar-refractivity contribution in [2.75, 3.05) is 13.1 Å². The van der Waals surface area contributed by atoms with Crippen LogP contribution in [0.4, 0.5) is 4.79 Å². The van der Waals surface area contributed by atoms with Gasteiger partial charge in [-0.2, -0.15) is 0 Å². The minimum Gasteiger partial charge on any atom is -0.351 e. The predicted octanol–water partition coefficient (Wildman–Crippen LogP) is 2.56. The fourth-order valence-corrected chi connectivity index (χ4v) is 3.81. The molecule has 1 aliphatic heterocycles. The first-order valence-corrected chi connectivity index (χ1v) is 7.66. The van der Waals surface area contributed by atoms with Crippen molar-refractivity contribution in [3.05, 3.63) is 21.4 Å². The molecule has 0 aromatic carbocycles. The summed E-state index contributed by atoms with van der Waals surface area (Å²) in [5.74, 6) is 0. The van der Waals surface area contributed by atoms with E-state index in [1.165, 1.54) is 15.3 Å². The van der Waals surface area contributed by atoms with Gasteiger partial charge in [-0.1, -0.05) is 0 Å². The smallest absolute Gasteiger partial charge is 0.314 e. The van der Waals surface area contributed by atoms with Gasteiger partial charge >= 0.3 is 6.03 Å². The number of nitrogens with zero attached hydrogens (tertiary/aromatic N) is 1. The van der Waals surface area contributed by atoms with Gasteiger partial charge in [-0.25, -0.2) is 4.79 Å². The van der Waals surface area contributed by atoms with Gasteiger partial charge in [-0.3, -0.25) is 0 Å². The van der Waals surface area contributed by atoms with Gasteiger partial charge in [0.15, 0.2) is 0 Å². The van der Waals surface area contributed by atoms with Crippen LogP contribution < -0.4 is 11.1 Å². The lowest BCUT2D eigenvalue weighted by Gasteiger charge is -2.33. The van der Waals surface area contributed by atoms with E-state index in [9.17, 15) is 4.79 Å².